The Morgan fingerprint density at radius 2 is 2.00 bits per heavy atom. The fourth-order valence-electron chi connectivity index (χ4n) is 3.65. The first-order valence-electron chi connectivity index (χ1n) is 7.36. The molecule has 0 bridgehead atoms. The predicted octanol–water partition coefficient (Wildman–Crippen LogP) is 1.40. The Balaban J connectivity index is 1.88. The van der Waals surface area contributed by atoms with Gasteiger partial charge in [0.25, 0.3) is 0 Å². The standard InChI is InChI=1S/C14H29N3/c1-4-15-13-6-5-8-17(11-13)14-7-9-16(3)10-12(14)2/h12-15H,4-11H2,1-3H3. The monoisotopic (exact) mass is 239 g/mol. The Labute approximate surface area is 107 Å². The van der Waals surface area contributed by atoms with Crippen LogP contribution in [0.2, 0.25) is 0 Å². The van der Waals surface area contributed by atoms with E-state index in [1.807, 2.05) is 0 Å². The molecule has 3 atom stereocenters. The Morgan fingerprint density at radius 3 is 2.71 bits per heavy atom. The van der Waals surface area contributed by atoms with E-state index in [9.17, 15) is 0 Å². The molecule has 0 aromatic carbocycles. The number of likely N-dealkylation sites (tertiary alicyclic amines) is 2. The van der Waals surface area contributed by atoms with E-state index >= 15 is 0 Å². The van der Waals surface area contributed by atoms with Crippen LogP contribution >= 0.6 is 0 Å². The Hall–Kier alpha value is -0.120. The average molecular weight is 239 g/mol. The maximum Gasteiger partial charge on any atom is 0.0195 e. The van der Waals surface area contributed by atoms with Gasteiger partial charge in [-0.1, -0.05) is 13.8 Å². The summed E-state index contributed by atoms with van der Waals surface area (Å²) in [7, 11) is 2.25. The Bertz CT molecular complexity index is 230. The molecule has 0 aromatic heterocycles. The quantitative estimate of drug-likeness (QED) is 0.803. The molecule has 0 saturated carbocycles. The van der Waals surface area contributed by atoms with Crippen molar-refractivity contribution in [3.8, 4) is 0 Å². The highest BCUT2D eigenvalue weighted by Crippen LogP contribution is 2.24. The zero-order valence-corrected chi connectivity index (χ0v) is 11.8. The van der Waals surface area contributed by atoms with Crippen LogP contribution in [-0.2, 0) is 0 Å². The van der Waals surface area contributed by atoms with Gasteiger partial charge in [-0.3, -0.25) is 4.90 Å². The second-order valence-corrected chi connectivity index (χ2v) is 5.99. The molecule has 17 heavy (non-hydrogen) atoms. The molecule has 0 aliphatic carbocycles. The molecule has 0 radical (unpaired) electrons. The summed E-state index contributed by atoms with van der Waals surface area (Å²) < 4.78 is 0. The zero-order valence-electron chi connectivity index (χ0n) is 11.8. The van der Waals surface area contributed by atoms with Crippen LogP contribution in [0.5, 0.6) is 0 Å². The van der Waals surface area contributed by atoms with E-state index in [1.54, 1.807) is 0 Å². The van der Waals surface area contributed by atoms with Crippen molar-refractivity contribution in [3.05, 3.63) is 0 Å². The summed E-state index contributed by atoms with van der Waals surface area (Å²) >= 11 is 0. The second kappa shape index (κ2) is 6.17. The lowest BCUT2D eigenvalue weighted by Gasteiger charge is -2.45. The summed E-state index contributed by atoms with van der Waals surface area (Å²) in [6.07, 6.45) is 4.10. The minimum absolute atomic E-state index is 0.737. The summed E-state index contributed by atoms with van der Waals surface area (Å²) in [6.45, 7) is 10.9. The van der Waals surface area contributed by atoms with Crippen molar-refractivity contribution in [1.29, 1.82) is 0 Å². The van der Waals surface area contributed by atoms with Gasteiger partial charge in [-0.15, -0.1) is 0 Å². The molecule has 2 saturated heterocycles. The highest BCUT2D eigenvalue weighted by molar-refractivity contribution is 4.88. The first-order valence-corrected chi connectivity index (χ1v) is 7.36. The summed E-state index contributed by atoms with van der Waals surface area (Å²) in [5, 5.41) is 3.63. The molecule has 3 unspecified atom stereocenters. The van der Waals surface area contributed by atoms with Crippen LogP contribution in [0, 0.1) is 5.92 Å². The van der Waals surface area contributed by atoms with Gasteiger partial charge >= 0.3 is 0 Å². The lowest BCUT2D eigenvalue weighted by molar-refractivity contribution is 0.0515. The minimum atomic E-state index is 0.737. The van der Waals surface area contributed by atoms with Crippen LogP contribution in [0.15, 0.2) is 0 Å². The number of rotatable bonds is 3. The molecule has 2 fully saturated rings. The van der Waals surface area contributed by atoms with Gasteiger partial charge in [-0.05, 0) is 51.9 Å². The van der Waals surface area contributed by atoms with Gasteiger partial charge in [-0.25, -0.2) is 0 Å². The fourth-order valence-corrected chi connectivity index (χ4v) is 3.65. The van der Waals surface area contributed by atoms with E-state index < -0.39 is 0 Å². The SMILES string of the molecule is CCNC1CCCN(C2CCN(C)CC2C)C1. The normalized spacial score (nSPS) is 37.2. The summed E-state index contributed by atoms with van der Waals surface area (Å²) in [5.74, 6) is 0.828. The Morgan fingerprint density at radius 1 is 1.18 bits per heavy atom. The number of nitrogens with zero attached hydrogens (tertiary/aromatic N) is 2. The number of likely N-dealkylation sites (N-methyl/N-ethyl adjacent to an activating group) is 1. The molecular formula is C14H29N3. The van der Waals surface area contributed by atoms with Crippen molar-refractivity contribution >= 4 is 0 Å². The number of nitrogens with one attached hydrogen (secondary N) is 1. The molecule has 0 aromatic rings. The summed E-state index contributed by atoms with van der Waals surface area (Å²) in [6, 6.07) is 1.56. The highest BCUT2D eigenvalue weighted by atomic mass is 15.2. The van der Waals surface area contributed by atoms with Crippen molar-refractivity contribution in [2.75, 3.05) is 39.8 Å². The minimum Gasteiger partial charge on any atom is -0.313 e. The third-order valence-corrected chi connectivity index (χ3v) is 4.48. The van der Waals surface area contributed by atoms with E-state index in [0.29, 0.717) is 0 Å². The van der Waals surface area contributed by atoms with Crippen molar-refractivity contribution < 1.29 is 0 Å². The largest absolute Gasteiger partial charge is 0.313 e. The summed E-state index contributed by atoms with van der Waals surface area (Å²) in [4.78, 5) is 5.24. The Kier molecular flexibility index (Phi) is 4.83. The predicted molar refractivity (Wildman–Crippen MR) is 73.3 cm³/mol. The lowest BCUT2D eigenvalue weighted by Crippen LogP contribution is -2.55. The molecular weight excluding hydrogens is 210 g/mol. The molecule has 1 N–H and O–H groups in total. The van der Waals surface area contributed by atoms with Crippen LogP contribution in [0.4, 0.5) is 0 Å². The third-order valence-electron chi connectivity index (χ3n) is 4.48. The molecule has 0 spiro atoms. The number of hydrogen-bond acceptors (Lipinski definition) is 3. The van der Waals surface area contributed by atoms with Gasteiger partial charge < -0.3 is 10.2 Å². The maximum absolute atomic E-state index is 3.63. The molecule has 2 aliphatic rings. The van der Waals surface area contributed by atoms with Crippen molar-refractivity contribution in [3.63, 3.8) is 0 Å². The fraction of sp³-hybridized carbons (Fsp3) is 1.00. The first-order chi connectivity index (χ1) is 8.20. The topological polar surface area (TPSA) is 18.5 Å². The lowest BCUT2D eigenvalue weighted by atomic mass is 9.90. The van der Waals surface area contributed by atoms with Crippen LogP contribution in [0.25, 0.3) is 0 Å². The molecule has 0 amide bonds. The highest BCUT2D eigenvalue weighted by Gasteiger charge is 2.31. The molecule has 3 nitrogen and oxygen atoms in total. The van der Waals surface area contributed by atoms with Gasteiger partial charge in [0.2, 0.25) is 0 Å². The van der Waals surface area contributed by atoms with E-state index in [1.165, 1.54) is 45.4 Å². The molecule has 3 heteroatoms. The van der Waals surface area contributed by atoms with E-state index in [2.05, 4.69) is 36.0 Å². The average Bonchev–Trinajstić information content (AvgIpc) is 2.29. The number of piperidine rings is 2. The molecule has 100 valence electrons. The van der Waals surface area contributed by atoms with Crippen LogP contribution in [0.3, 0.4) is 0 Å². The molecule has 2 rings (SSSR count). The third kappa shape index (κ3) is 3.43. The summed E-state index contributed by atoms with van der Waals surface area (Å²) in [5.41, 5.74) is 0. The van der Waals surface area contributed by atoms with Crippen molar-refractivity contribution in [2.45, 2.75) is 45.2 Å². The van der Waals surface area contributed by atoms with Gasteiger partial charge in [-0.2, -0.15) is 0 Å². The van der Waals surface area contributed by atoms with Crippen LogP contribution in [-0.4, -0.2) is 61.7 Å². The number of hydrogen-bond donors (Lipinski definition) is 1. The second-order valence-electron chi connectivity index (χ2n) is 5.99. The van der Waals surface area contributed by atoms with Crippen molar-refractivity contribution in [2.24, 2.45) is 5.92 Å². The first kappa shape index (κ1) is 13.3. The van der Waals surface area contributed by atoms with E-state index in [0.717, 1.165) is 24.5 Å². The van der Waals surface area contributed by atoms with Crippen molar-refractivity contribution in [1.82, 2.24) is 15.1 Å². The van der Waals surface area contributed by atoms with Gasteiger partial charge in [0.05, 0.1) is 0 Å². The van der Waals surface area contributed by atoms with Crippen LogP contribution in [0.1, 0.15) is 33.1 Å². The van der Waals surface area contributed by atoms with Crippen LogP contribution < -0.4 is 5.32 Å². The molecule has 2 aliphatic heterocycles. The molecule has 2 heterocycles. The van der Waals surface area contributed by atoms with Gasteiger partial charge in [0.15, 0.2) is 0 Å². The maximum atomic E-state index is 3.63. The van der Waals surface area contributed by atoms with E-state index in [-0.39, 0.29) is 0 Å². The van der Waals surface area contributed by atoms with E-state index in [4.69, 9.17) is 0 Å². The smallest absolute Gasteiger partial charge is 0.0195 e. The van der Waals surface area contributed by atoms with Gasteiger partial charge in [0.1, 0.15) is 0 Å². The zero-order chi connectivity index (χ0) is 12.3. The van der Waals surface area contributed by atoms with Gasteiger partial charge in [0, 0.05) is 25.2 Å².